The number of Topliss-reactive ketones (excluding diaryl/α,β-unsaturated/α-hetero) is 4. The Balaban J connectivity index is 0.000000155. The third-order valence-electron chi connectivity index (χ3n) is 20.4. The second kappa shape index (κ2) is 44.2. The van der Waals surface area contributed by atoms with Gasteiger partial charge in [-0.2, -0.15) is 40.4 Å². The van der Waals surface area contributed by atoms with Gasteiger partial charge in [-0.1, -0.05) is 66.7 Å². The van der Waals surface area contributed by atoms with Crippen LogP contribution in [0, 0.1) is 35.5 Å². The van der Waals surface area contributed by atoms with Crippen LogP contribution in [0.25, 0.3) is 45.6 Å². The van der Waals surface area contributed by atoms with E-state index in [1.807, 2.05) is 52.9 Å². The minimum absolute atomic E-state index is 0.0493. The van der Waals surface area contributed by atoms with Crippen LogP contribution >= 0.6 is 0 Å². The van der Waals surface area contributed by atoms with E-state index in [1.54, 1.807) is 240 Å². The topological polar surface area (TPSA) is 531 Å². The normalized spacial score (nSPS) is 10.8. The zero-order chi connectivity index (χ0) is 98.4. The number of carbonyl (C=O) groups excluding carboxylic acids is 4. The van der Waals surface area contributed by atoms with E-state index < -0.39 is 5.95 Å². The summed E-state index contributed by atoms with van der Waals surface area (Å²) in [6.07, 6.45) is 20.0. The van der Waals surface area contributed by atoms with Crippen LogP contribution in [0.2, 0.25) is 0 Å². The summed E-state index contributed by atoms with van der Waals surface area (Å²) in [7, 11) is 15.1. The van der Waals surface area contributed by atoms with Crippen molar-refractivity contribution < 1.29 is 42.5 Å². The highest BCUT2D eigenvalue weighted by Gasteiger charge is 2.27. The number of nitrogens with zero attached hydrogens (tertiary/aromatic N) is 27. The number of ketones is 4. The zero-order valence-electron chi connectivity index (χ0n) is 78.3. The van der Waals surface area contributed by atoms with E-state index in [0.29, 0.717) is 202 Å². The van der Waals surface area contributed by atoms with Gasteiger partial charge < -0.3 is 61.5 Å². The van der Waals surface area contributed by atoms with Crippen molar-refractivity contribution in [2.24, 2.45) is 35.2 Å². The number of aromatic nitrogens is 25. The fourth-order valence-electron chi connectivity index (χ4n) is 13.5. The van der Waals surface area contributed by atoms with Gasteiger partial charge in [0.15, 0.2) is 98.5 Å². The average Bonchev–Trinajstić information content (AvgIpc) is 1.03. The molecule has 702 valence electrons. The molecule has 44 heteroatoms. The Labute approximate surface area is 790 Å². The Morgan fingerprint density at radius 1 is 0.362 bits per heavy atom. The van der Waals surface area contributed by atoms with Crippen LogP contribution in [0.15, 0.2) is 178 Å². The number of nitriles is 2. The molecule has 0 atom stereocenters. The summed E-state index contributed by atoms with van der Waals surface area (Å²) < 4.78 is 45.3. The maximum Gasteiger partial charge on any atom is 0.218 e. The number of hydrogen-bond donors (Lipinski definition) is 8. The standard InChI is InChI=1S/C26H29FN8O2.2C23H21N9O2.C22H25N9O2/c1-7-19(36)16-13-29-21(32-20-9-8-17(23(27)33-20)26(2,3)4)12-18(16)31-25-22(37-6)15(10-11-28-25)24-30-14-35(5)34-24;2*1-4-18(33)16-12-26-20(30-19-7-5-6-14(11-24)28-19)10-17(16)29-23-21(34-3)15(8-9-25-23)22-27-13-32(2)31-22;1-6-17(32)15-11-24-18(27-19-9-13(2)31(4)28-19)10-16(15)26-22-20(33-5)14(7-8-23-22)21-25-12-30(3)29-21/h8-14H,7H2,1-6H3,(H2,28,29,31,32,33);2*5-10,12-13H,4H2,1-3H3,(H2,25,26,28,29,30);7-12H,6H2,1-5H3,(H2,23,24,26,27,28). The maximum atomic E-state index is 14.6. The van der Waals surface area contributed by atoms with Gasteiger partial charge in [-0.15, -0.1) is 0 Å². The van der Waals surface area contributed by atoms with Crippen molar-refractivity contribution in [3.05, 3.63) is 229 Å². The number of aryl methyl sites for hydroxylation is 6. The summed E-state index contributed by atoms with van der Waals surface area (Å²) in [4.78, 5) is 115. The van der Waals surface area contributed by atoms with Crippen LogP contribution in [0.4, 0.5) is 97.0 Å². The van der Waals surface area contributed by atoms with Gasteiger partial charge in [0, 0.05) is 152 Å². The van der Waals surface area contributed by atoms with Crippen molar-refractivity contribution in [3.8, 4) is 80.7 Å². The molecule has 0 saturated carbocycles. The van der Waals surface area contributed by atoms with Crippen LogP contribution in [0.3, 0.4) is 0 Å². The number of carbonyl (C=O) groups is 4. The van der Waals surface area contributed by atoms with Gasteiger partial charge in [-0.05, 0) is 66.9 Å². The Hall–Kier alpha value is -18.4. The monoisotopic (exact) mass is 1860 g/mol. The summed E-state index contributed by atoms with van der Waals surface area (Å²) >= 11 is 0. The van der Waals surface area contributed by atoms with Gasteiger partial charge in [0.2, 0.25) is 5.95 Å². The Bertz CT molecular complexity index is 7000. The minimum atomic E-state index is -0.553. The molecule has 16 aromatic heterocycles. The molecule has 0 aliphatic rings. The molecule has 0 unspecified atom stereocenters. The molecule has 0 fully saturated rings. The fourth-order valence-corrected chi connectivity index (χ4v) is 13.5. The highest BCUT2D eigenvalue weighted by Crippen LogP contribution is 2.42. The number of halogens is 1. The van der Waals surface area contributed by atoms with Gasteiger partial charge in [-0.3, -0.25) is 42.6 Å². The van der Waals surface area contributed by atoms with Crippen LogP contribution in [-0.2, 0) is 40.7 Å². The molecule has 0 spiro atoms. The average molecular weight is 1860 g/mol. The lowest BCUT2D eigenvalue weighted by Crippen LogP contribution is -2.15. The highest BCUT2D eigenvalue weighted by atomic mass is 19.1. The maximum absolute atomic E-state index is 14.6. The molecular formula is C94H96FN35O8. The van der Waals surface area contributed by atoms with Crippen molar-refractivity contribution in [3.63, 3.8) is 0 Å². The van der Waals surface area contributed by atoms with Gasteiger partial charge in [0.05, 0.1) is 95.7 Å². The summed E-state index contributed by atoms with van der Waals surface area (Å²) in [5.41, 5.74) is 7.88. The predicted molar refractivity (Wildman–Crippen MR) is 514 cm³/mol. The van der Waals surface area contributed by atoms with Crippen molar-refractivity contribution in [2.45, 2.75) is 86.5 Å². The first kappa shape index (κ1) is 97.1. The van der Waals surface area contributed by atoms with Crippen LogP contribution in [-0.4, -0.2) is 175 Å². The third-order valence-corrected chi connectivity index (χ3v) is 20.4. The number of nitrogens with one attached hydrogen (secondary N) is 8. The number of pyridine rings is 11. The summed E-state index contributed by atoms with van der Waals surface area (Å²) in [6, 6.07) is 33.2. The molecule has 138 heavy (non-hydrogen) atoms. The van der Waals surface area contributed by atoms with Crippen molar-refractivity contribution in [2.75, 3.05) is 71.0 Å². The van der Waals surface area contributed by atoms with E-state index in [1.165, 1.54) is 39.9 Å². The Morgan fingerprint density at radius 2 is 0.652 bits per heavy atom. The molecule has 8 N–H and O–H groups in total. The predicted octanol–water partition coefficient (Wildman–Crippen LogP) is 15.8. The SMILES string of the molecule is CCC(=O)c1cnc(Nc2cc(C)n(C)n2)cc1Nc1nccc(-c2ncn(C)n2)c1OC.CCC(=O)c1cnc(Nc2ccc(C(C)(C)C)c(F)n2)cc1Nc1nccc(-c2ncn(C)n2)c1OC.CCC(=O)c1cnc(Nc2cccc(C#N)n2)cc1Nc1nccc(-c2ncn(C)n2)c1OC.CCC(=O)c1cnc(Nc2cccc(C#N)n2)cc1Nc1nccc(-c2ncn(C)n2)c1OC. The fraction of sp³-hybridized carbons (Fsp3) is 0.234. The molecule has 16 heterocycles. The Morgan fingerprint density at radius 3 is 0.891 bits per heavy atom. The molecule has 16 aromatic rings. The first-order chi connectivity index (χ1) is 66.5. The van der Waals surface area contributed by atoms with Crippen LogP contribution < -0.4 is 61.5 Å². The lowest BCUT2D eigenvalue weighted by Gasteiger charge is -2.19. The van der Waals surface area contributed by atoms with Gasteiger partial charge in [0.25, 0.3) is 0 Å². The van der Waals surface area contributed by atoms with Gasteiger partial charge in [-0.25, -0.2) is 74.8 Å². The van der Waals surface area contributed by atoms with Gasteiger partial charge >= 0.3 is 0 Å². The first-order valence-corrected chi connectivity index (χ1v) is 42.8. The van der Waals surface area contributed by atoms with Crippen molar-refractivity contribution in [1.82, 2.24) is 124 Å². The summed E-state index contributed by atoms with van der Waals surface area (Å²) in [5.74, 6) is 7.96. The molecule has 16 rings (SSSR count). The van der Waals surface area contributed by atoms with Crippen molar-refractivity contribution >= 4 is 116 Å². The van der Waals surface area contributed by atoms with E-state index in [9.17, 15) is 23.6 Å². The number of methoxy groups -OCH3 is 4. The molecule has 0 radical (unpaired) electrons. The minimum Gasteiger partial charge on any atom is -0.492 e. The molecule has 0 aliphatic heterocycles. The largest absolute Gasteiger partial charge is 0.492 e. The smallest absolute Gasteiger partial charge is 0.218 e. The van der Waals surface area contributed by atoms with E-state index in [0.717, 1.165) is 5.69 Å². The number of rotatable bonds is 32. The van der Waals surface area contributed by atoms with E-state index in [2.05, 4.69) is 143 Å². The van der Waals surface area contributed by atoms with Crippen molar-refractivity contribution in [1.29, 1.82) is 10.5 Å². The molecule has 0 bridgehead atoms. The molecule has 43 nitrogen and oxygen atoms in total. The number of anilines is 16. The Kier molecular flexibility index (Phi) is 31.1. The lowest BCUT2D eigenvalue weighted by atomic mass is 9.88. The second-order valence-electron chi connectivity index (χ2n) is 31.1. The van der Waals surface area contributed by atoms with Gasteiger partial charge in [0.1, 0.15) is 89.6 Å². The number of hydrogen-bond acceptors (Lipinski definition) is 38. The summed E-state index contributed by atoms with van der Waals surface area (Å²) in [6.45, 7) is 14.9. The summed E-state index contributed by atoms with van der Waals surface area (Å²) in [5, 5.41) is 65.1. The van der Waals surface area contributed by atoms with E-state index in [-0.39, 0.29) is 52.2 Å². The van der Waals surface area contributed by atoms with E-state index in [4.69, 9.17) is 29.5 Å². The lowest BCUT2D eigenvalue weighted by molar-refractivity contribution is 0.0980. The van der Waals surface area contributed by atoms with E-state index >= 15 is 0 Å². The quantitative estimate of drug-likeness (QED) is 0.0143. The second-order valence-corrected chi connectivity index (χ2v) is 31.1. The third kappa shape index (κ3) is 23.5. The van der Waals surface area contributed by atoms with Crippen LogP contribution in [0.5, 0.6) is 23.0 Å². The molecule has 0 aliphatic carbocycles. The number of ether oxygens (including phenoxy) is 4. The molecular weight excluding hydrogens is 1770 g/mol. The molecule has 0 saturated heterocycles. The molecule has 0 aromatic carbocycles. The van der Waals surface area contributed by atoms with Crippen LogP contribution in [0.1, 0.15) is 138 Å². The molecule has 0 amide bonds. The first-order valence-electron chi connectivity index (χ1n) is 42.8. The zero-order valence-corrected chi connectivity index (χ0v) is 78.3. The highest BCUT2D eigenvalue weighted by molar-refractivity contribution is 6.05.